The highest BCUT2D eigenvalue weighted by Crippen LogP contribution is 2.41. The quantitative estimate of drug-likeness (QED) is 0.444. The fourth-order valence-electron chi connectivity index (χ4n) is 3.99. The van der Waals surface area contributed by atoms with Gasteiger partial charge >= 0.3 is 5.97 Å². The number of ether oxygens (including phenoxy) is 1. The van der Waals surface area contributed by atoms with Gasteiger partial charge in [-0.25, -0.2) is 17.5 Å². The van der Waals surface area contributed by atoms with Gasteiger partial charge in [-0.2, -0.15) is 0 Å². The van der Waals surface area contributed by atoms with E-state index in [4.69, 9.17) is 9.84 Å². The number of rotatable bonds is 10. The van der Waals surface area contributed by atoms with Crippen LogP contribution in [0.3, 0.4) is 0 Å². The molecule has 0 aliphatic carbocycles. The minimum Gasteiger partial charge on any atom is -0.481 e. The molecule has 2 fully saturated rings. The molecule has 0 aromatic heterocycles. The molecule has 0 radical (unpaired) electrons. The van der Waals surface area contributed by atoms with E-state index < -0.39 is 21.8 Å². The molecule has 2 N–H and O–H groups in total. The van der Waals surface area contributed by atoms with Crippen molar-refractivity contribution in [2.45, 2.75) is 56.8 Å². The molecule has 29 heavy (non-hydrogen) atoms. The summed E-state index contributed by atoms with van der Waals surface area (Å²) in [6.07, 6.45) is 9.02. The van der Waals surface area contributed by atoms with Gasteiger partial charge in [0, 0.05) is 17.7 Å². The van der Waals surface area contributed by atoms with Crippen LogP contribution < -0.4 is 4.72 Å². The Hall–Kier alpha value is -2.03. The first-order chi connectivity index (χ1) is 13.8. The predicted molar refractivity (Wildman–Crippen MR) is 108 cm³/mol. The minimum absolute atomic E-state index is 0.0311. The molecule has 1 aromatic carbocycles. The lowest BCUT2D eigenvalue weighted by molar-refractivity contribution is -0.137. The van der Waals surface area contributed by atoms with Crippen molar-refractivity contribution in [2.24, 2.45) is 5.92 Å². The maximum absolute atomic E-state index is 13.3. The predicted octanol–water partition coefficient (Wildman–Crippen LogP) is 3.46. The number of sulfonamides is 1. The van der Waals surface area contributed by atoms with E-state index in [9.17, 15) is 17.6 Å². The van der Waals surface area contributed by atoms with Crippen molar-refractivity contribution in [2.75, 3.05) is 0 Å². The summed E-state index contributed by atoms with van der Waals surface area (Å²) < 4.78 is 47.0. The number of carboxylic acid groups (broad SMARTS) is 1. The number of hydrogen-bond acceptors (Lipinski definition) is 4. The van der Waals surface area contributed by atoms with E-state index in [1.165, 1.54) is 24.3 Å². The Morgan fingerprint density at radius 1 is 1.28 bits per heavy atom. The second kappa shape index (κ2) is 9.65. The fourth-order valence-corrected chi connectivity index (χ4v) is 5.11. The first-order valence-corrected chi connectivity index (χ1v) is 11.4. The van der Waals surface area contributed by atoms with Crippen LogP contribution in [-0.2, 0) is 19.6 Å². The van der Waals surface area contributed by atoms with Gasteiger partial charge in [0.15, 0.2) is 0 Å². The number of hydrogen-bond donors (Lipinski definition) is 2. The topological polar surface area (TPSA) is 92.7 Å². The molecule has 158 valence electrons. The zero-order valence-electron chi connectivity index (χ0n) is 16.0. The highest BCUT2D eigenvalue weighted by atomic mass is 32.2. The lowest BCUT2D eigenvalue weighted by atomic mass is 9.83. The molecule has 3 rings (SSSR count). The van der Waals surface area contributed by atoms with E-state index in [0.29, 0.717) is 24.8 Å². The number of allylic oxidation sites excluding steroid dienone is 2. The van der Waals surface area contributed by atoms with Gasteiger partial charge in [-0.3, -0.25) is 4.79 Å². The van der Waals surface area contributed by atoms with Gasteiger partial charge in [-0.1, -0.05) is 24.3 Å². The van der Waals surface area contributed by atoms with Crippen LogP contribution in [0.15, 0.2) is 41.8 Å². The van der Waals surface area contributed by atoms with Crippen molar-refractivity contribution in [3.8, 4) is 0 Å². The van der Waals surface area contributed by atoms with E-state index in [1.54, 1.807) is 6.07 Å². The zero-order chi connectivity index (χ0) is 20.9. The third-order valence-electron chi connectivity index (χ3n) is 5.35. The van der Waals surface area contributed by atoms with Crippen LogP contribution >= 0.6 is 0 Å². The Balaban J connectivity index is 1.58. The number of aliphatic carboxylic acids is 1. The van der Waals surface area contributed by atoms with E-state index >= 15 is 0 Å². The smallest absolute Gasteiger partial charge is 0.303 e. The third-order valence-corrected chi connectivity index (χ3v) is 6.44. The van der Waals surface area contributed by atoms with Crippen LogP contribution in [0.25, 0.3) is 6.08 Å². The number of carbonyl (C=O) groups is 1. The van der Waals surface area contributed by atoms with Gasteiger partial charge in [0.05, 0.1) is 18.2 Å². The van der Waals surface area contributed by atoms with E-state index in [-0.39, 0.29) is 30.6 Å². The van der Waals surface area contributed by atoms with Crippen molar-refractivity contribution in [1.29, 1.82) is 0 Å². The number of carboxylic acids is 1. The molecule has 2 aliphatic heterocycles. The number of unbranched alkanes of at least 4 members (excludes halogenated alkanes) is 1. The van der Waals surface area contributed by atoms with Crippen molar-refractivity contribution < 1.29 is 27.4 Å². The number of nitrogens with one attached hydrogen (secondary N) is 1. The lowest BCUT2D eigenvalue weighted by Gasteiger charge is -2.27. The molecule has 2 heterocycles. The first kappa shape index (κ1) is 21.7. The number of halogens is 1. The Kier molecular flexibility index (Phi) is 7.21. The van der Waals surface area contributed by atoms with Gasteiger partial charge in [-0.05, 0) is 55.9 Å². The van der Waals surface area contributed by atoms with E-state index in [2.05, 4.69) is 4.72 Å². The van der Waals surface area contributed by atoms with Crippen molar-refractivity contribution in [1.82, 2.24) is 4.72 Å². The first-order valence-electron chi connectivity index (χ1n) is 9.82. The Bertz CT molecular complexity index is 883. The summed E-state index contributed by atoms with van der Waals surface area (Å²) in [6.45, 7) is 0. The molecule has 2 aliphatic rings. The maximum Gasteiger partial charge on any atom is 0.303 e. The minimum atomic E-state index is -3.70. The van der Waals surface area contributed by atoms with Gasteiger partial charge in [0.1, 0.15) is 5.82 Å². The molecule has 0 spiro atoms. The average molecular weight is 424 g/mol. The summed E-state index contributed by atoms with van der Waals surface area (Å²) in [5.74, 6) is -1.18. The van der Waals surface area contributed by atoms with E-state index in [0.717, 1.165) is 18.2 Å². The largest absolute Gasteiger partial charge is 0.481 e. The van der Waals surface area contributed by atoms with E-state index in [1.807, 2.05) is 12.2 Å². The van der Waals surface area contributed by atoms with Crippen molar-refractivity contribution in [3.63, 3.8) is 0 Å². The molecule has 4 unspecified atom stereocenters. The number of fused-ring (bicyclic) bond motifs is 2. The monoisotopic (exact) mass is 423 g/mol. The number of benzene rings is 1. The van der Waals surface area contributed by atoms with Crippen LogP contribution in [0.2, 0.25) is 0 Å². The highest BCUT2D eigenvalue weighted by Gasteiger charge is 2.49. The molecule has 6 nitrogen and oxygen atoms in total. The Labute approximate surface area is 170 Å². The second-order valence-corrected chi connectivity index (χ2v) is 9.09. The second-order valence-electron chi connectivity index (χ2n) is 7.49. The van der Waals surface area contributed by atoms with Crippen LogP contribution in [0.4, 0.5) is 4.39 Å². The Morgan fingerprint density at radius 2 is 2.07 bits per heavy atom. The summed E-state index contributed by atoms with van der Waals surface area (Å²) in [5, 5.41) is 9.72. The van der Waals surface area contributed by atoms with Crippen LogP contribution in [0, 0.1) is 11.7 Å². The average Bonchev–Trinajstić information content (AvgIpc) is 3.25. The standard InChI is InChI=1S/C21H26FNO5S/c22-16-7-5-6-15(14-16)12-13-29(26,27)23-21-17(18-10-11-19(21)28-18)8-3-1-2-4-9-20(24)25/h1,3,5-7,12-14,17-19,21,23H,2,4,8-11H2,(H,24,25). The van der Waals surface area contributed by atoms with Gasteiger partial charge in [-0.15, -0.1) is 0 Å². The van der Waals surface area contributed by atoms with Gasteiger partial charge in [0.25, 0.3) is 0 Å². The molecule has 0 saturated carbocycles. The lowest BCUT2D eigenvalue weighted by Crippen LogP contribution is -2.46. The van der Waals surface area contributed by atoms with Gasteiger partial charge < -0.3 is 9.84 Å². The molecular formula is C21H26FNO5S. The maximum atomic E-state index is 13.3. The van der Waals surface area contributed by atoms with Crippen molar-refractivity contribution in [3.05, 3.63) is 53.2 Å². The fraction of sp³-hybridized carbons (Fsp3) is 0.476. The highest BCUT2D eigenvalue weighted by molar-refractivity contribution is 7.92. The molecular weight excluding hydrogens is 397 g/mol. The summed E-state index contributed by atoms with van der Waals surface area (Å²) in [7, 11) is -3.70. The van der Waals surface area contributed by atoms with Crippen LogP contribution in [0.5, 0.6) is 0 Å². The molecule has 4 atom stereocenters. The molecule has 2 saturated heterocycles. The molecule has 2 bridgehead atoms. The molecule has 1 aromatic rings. The van der Waals surface area contributed by atoms with Crippen LogP contribution in [-0.4, -0.2) is 37.7 Å². The zero-order valence-corrected chi connectivity index (χ0v) is 16.9. The van der Waals surface area contributed by atoms with Crippen molar-refractivity contribution >= 4 is 22.1 Å². The summed E-state index contributed by atoms with van der Waals surface area (Å²) in [5.41, 5.74) is 0.473. The Morgan fingerprint density at radius 3 is 2.83 bits per heavy atom. The van der Waals surface area contributed by atoms with Crippen LogP contribution in [0.1, 0.15) is 44.1 Å². The summed E-state index contributed by atoms with van der Waals surface area (Å²) in [4.78, 5) is 10.5. The molecule has 0 amide bonds. The summed E-state index contributed by atoms with van der Waals surface area (Å²) >= 11 is 0. The van der Waals surface area contributed by atoms with Gasteiger partial charge in [0.2, 0.25) is 10.0 Å². The normalized spacial score (nSPS) is 26.7. The summed E-state index contributed by atoms with van der Waals surface area (Å²) in [6, 6.07) is 5.42. The SMILES string of the molecule is O=C(O)CCCC=CCC1C2CCC(O2)C1NS(=O)(=O)C=Cc1cccc(F)c1. The third kappa shape index (κ3) is 6.22. The molecule has 8 heteroatoms.